The molecule has 4 aromatic rings. The minimum atomic E-state index is -0.536. The zero-order valence-electron chi connectivity index (χ0n) is 18.0. The van der Waals surface area contributed by atoms with Crippen LogP contribution in [0.5, 0.6) is 0 Å². The van der Waals surface area contributed by atoms with Gasteiger partial charge in [-0.05, 0) is 32.4 Å². The molecule has 4 rings (SSSR count). The van der Waals surface area contributed by atoms with Gasteiger partial charge in [-0.1, -0.05) is 67.6 Å². The van der Waals surface area contributed by atoms with Crippen molar-refractivity contribution in [1.29, 1.82) is 0 Å². The molecule has 0 aliphatic carbocycles. The molecule has 0 aliphatic rings. The van der Waals surface area contributed by atoms with Crippen LogP contribution in [0, 0.1) is 6.92 Å². The second kappa shape index (κ2) is 12.6. The quantitative estimate of drug-likeness (QED) is 0.204. The first-order valence-electron chi connectivity index (χ1n) is 10.3. The van der Waals surface area contributed by atoms with E-state index in [0.717, 1.165) is 13.1 Å². The standard InChI is InChI=1S/C22H25NP.C5H5.Fe/c1-4-23(5-2)21-17-16-18(3)22(21)24(19-12-8-6-9-13-19)20-14-10-7-11-15-20;1-2-4-5-3-1;/h6-17H,4-5H2,1-3H3;1-5H;/q2*-1;+2. The van der Waals surface area contributed by atoms with Crippen LogP contribution in [0.3, 0.4) is 0 Å². The summed E-state index contributed by atoms with van der Waals surface area (Å²) in [6.07, 6.45) is 0. The van der Waals surface area contributed by atoms with Crippen LogP contribution in [-0.2, 0) is 17.1 Å². The summed E-state index contributed by atoms with van der Waals surface area (Å²) in [5.41, 5.74) is 2.80. The van der Waals surface area contributed by atoms with E-state index in [-0.39, 0.29) is 17.1 Å². The Bertz CT molecular complexity index is 885. The van der Waals surface area contributed by atoms with E-state index in [2.05, 4.69) is 98.5 Å². The molecule has 0 aromatic heterocycles. The summed E-state index contributed by atoms with van der Waals surface area (Å²) < 4.78 is 0. The van der Waals surface area contributed by atoms with Crippen LogP contribution >= 0.6 is 7.92 Å². The largest absolute Gasteiger partial charge is 2.00 e. The van der Waals surface area contributed by atoms with Crippen LogP contribution in [0.15, 0.2) is 103 Å². The van der Waals surface area contributed by atoms with Gasteiger partial charge in [-0.2, -0.15) is 35.9 Å². The summed E-state index contributed by atoms with van der Waals surface area (Å²) in [6, 6.07) is 36.5. The molecule has 1 nitrogen and oxygen atoms in total. The van der Waals surface area contributed by atoms with Gasteiger partial charge in [0.05, 0.1) is 0 Å². The van der Waals surface area contributed by atoms with E-state index in [1.807, 2.05) is 30.3 Å². The maximum absolute atomic E-state index is 2.48. The smallest absolute Gasteiger partial charge is 0.433 e. The molecule has 0 amide bonds. The van der Waals surface area contributed by atoms with Crippen molar-refractivity contribution in [2.75, 3.05) is 18.0 Å². The molecule has 0 saturated heterocycles. The van der Waals surface area contributed by atoms with Gasteiger partial charge in [0, 0.05) is 13.1 Å². The Labute approximate surface area is 193 Å². The van der Waals surface area contributed by atoms with Crippen LogP contribution in [0.2, 0.25) is 0 Å². The van der Waals surface area contributed by atoms with E-state index in [1.54, 1.807) is 0 Å². The zero-order chi connectivity index (χ0) is 20.5. The van der Waals surface area contributed by atoms with Gasteiger partial charge in [-0.15, -0.1) is 11.0 Å². The maximum Gasteiger partial charge on any atom is 2.00 e. The third kappa shape index (κ3) is 5.96. The predicted molar refractivity (Wildman–Crippen MR) is 131 cm³/mol. The molecule has 0 N–H and O–H groups in total. The van der Waals surface area contributed by atoms with Crippen molar-refractivity contribution in [3.8, 4) is 0 Å². The summed E-state index contributed by atoms with van der Waals surface area (Å²) in [5, 5.41) is 4.34. The summed E-state index contributed by atoms with van der Waals surface area (Å²) in [6.45, 7) is 8.81. The van der Waals surface area contributed by atoms with Gasteiger partial charge in [0.2, 0.25) is 0 Å². The maximum atomic E-state index is 2.48. The Morgan fingerprint density at radius 2 is 1.27 bits per heavy atom. The SMILES string of the molecule is CCN(CC)c1cc[c-](C)c1P(c1ccccc1)c1ccccc1.[Fe+2].c1cc[cH-]c1. The Balaban J connectivity index is 0.000000468. The van der Waals surface area contributed by atoms with Crippen molar-refractivity contribution in [2.24, 2.45) is 0 Å². The Morgan fingerprint density at radius 1 is 0.767 bits per heavy atom. The molecule has 0 heterocycles. The third-order valence-corrected chi connectivity index (χ3v) is 7.68. The van der Waals surface area contributed by atoms with Crippen LogP contribution in [0.4, 0.5) is 5.69 Å². The van der Waals surface area contributed by atoms with Gasteiger partial charge in [-0.25, -0.2) is 12.1 Å². The van der Waals surface area contributed by atoms with Gasteiger partial charge < -0.3 is 4.90 Å². The second-order valence-corrected chi connectivity index (χ2v) is 9.04. The molecule has 0 saturated carbocycles. The first-order valence-corrected chi connectivity index (χ1v) is 11.7. The van der Waals surface area contributed by atoms with Crippen molar-refractivity contribution in [2.45, 2.75) is 20.8 Å². The van der Waals surface area contributed by atoms with E-state index in [0.29, 0.717) is 0 Å². The minimum Gasteiger partial charge on any atom is -0.433 e. The third-order valence-electron chi connectivity index (χ3n) is 5.02. The van der Waals surface area contributed by atoms with Gasteiger partial charge >= 0.3 is 17.1 Å². The molecule has 0 bridgehead atoms. The van der Waals surface area contributed by atoms with E-state index >= 15 is 0 Å². The Kier molecular flexibility index (Phi) is 10.1. The van der Waals surface area contributed by atoms with Crippen molar-refractivity contribution in [1.82, 2.24) is 0 Å². The van der Waals surface area contributed by atoms with Crippen LogP contribution in [0.1, 0.15) is 19.4 Å². The number of anilines is 1. The molecule has 0 unspecified atom stereocenters. The summed E-state index contributed by atoms with van der Waals surface area (Å²) >= 11 is 0. The number of rotatable bonds is 6. The number of hydrogen-bond acceptors (Lipinski definition) is 1. The molecule has 0 radical (unpaired) electrons. The topological polar surface area (TPSA) is 3.24 Å². The van der Waals surface area contributed by atoms with E-state index in [9.17, 15) is 0 Å². The zero-order valence-corrected chi connectivity index (χ0v) is 20.0. The average Bonchev–Trinajstić information content (AvgIpc) is 3.46. The molecule has 3 heteroatoms. The summed E-state index contributed by atoms with van der Waals surface area (Å²) in [5.74, 6) is 0. The number of nitrogens with zero attached hydrogens (tertiary/aromatic N) is 1. The van der Waals surface area contributed by atoms with Crippen molar-refractivity contribution < 1.29 is 17.1 Å². The molecular weight excluding hydrogens is 425 g/mol. The predicted octanol–water partition coefficient (Wildman–Crippen LogP) is 5.72. The second-order valence-electron chi connectivity index (χ2n) is 6.89. The summed E-state index contributed by atoms with van der Waals surface area (Å²) in [4.78, 5) is 2.48. The van der Waals surface area contributed by atoms with Crippen molar-refractivity contribution in [3.05, 3.63) is 109 Å². The van der Waals surface area contributed by atoms with Gasteiger partial charge in [0.15, 0.2) is 0 Å². The fraction of sp³-hybridized carbons (Fsp3) is 0.185. The molecule has 0 atom stereocenters. The molecule has 0 aliphatic heterocycles. The van der Waals surface area contributed by atoms with Crippen molar-refractivity contribution >= 4 is 29.5 Å². The average molecular weight is 455 g/mol. The van der Waals surface area contributed by atoms with E-state index in [1.165, 1.54) is 27.2 Å². The van der Waals surface area contributed by atoms with Gasteiger partial charge in [0.1, 0.15) is 0 Å². The molecule has 156 valence electrons. The van der Waals surface area contributed by atoms with E-state index < -0.39 is 7.92 Å². The summed E-state index contributed by atoms with van der Waals surface area (Å²) in [7, 11) is -0.536. The molecular formula is C27H30FeNP. The number of hydrogen-bond donors (Lipinski definition) is 0. The van der Waals surface area contributed by atoms with Crippen LogP contribution in [-0.4, -0.2) is 13.1 Å². The molecule has 0 spiro atoms. The molecule has 4 aromatic carbocycles. The number of benzene rings is 2. The Morgan fingerprint density at radius 3 is 1.67 bits per heavy atom. The first kappa shape index (κ1) is 24.2. The molecule has 0 fully saturated rings. The van der Waals surface area contributed by atoms with Crippen LogP contribution < -0.4 is 20.8 Å². The van der Waals surface area contributed by atoms with Gasteiger partial charge in [-0.3, -0.25) is 0 Å². The normalized spacial score (nSPS) is 10.1. The fourth-order valence-corrected chi connectivity index (χ4v) is 6.18. The van der Waals surface area contributed by atoms with E-state index in [4.69, 9.17) is 0 Å². The van der Waals surface area contributed by atoms with Gasteiger partial charge in [0.25, 0.3) is 0 Å². The fourth-order valence-electron chi connectivity index (χ4n) is 3.56. The Hall–Kier alpha value is -2.11. The monoisotopic (exact) mass is 455 g/mol. The number of aryl methyl sites for hydroxylation is 1. The molecule has 30 heavy (non-hydrogen) atoms. The first-order chi connectivity index (χ1) is 14.3. The van der Waals surface area contributed by atoms with Crippen LogP contribution in [0.25, 0.3) is 0 Å². The minimum absolute atomic E-state index is 0. The van der Waals surface area contributed by atoms with Crippen molar-refractivity contribution in [3.63, 3.8) is 0 Å².